The summed E-state index contributed by atoms with van der Waals surface area (Å²) in [6.07, 6.45) is 0.511. The number of hydrogen-bond donors (Lipinski definition) is 1. The minimum absolute atomic E-state index is 0.0465. The van der Waals surface area contributed by atoms with Gasteiger partial charge in [0.25, 0.3) is 5.91 Å². The predicted molar refractivity (Wildman–Crippen MR) is 82.1 cm³/mol. The molecule has 1 atom stereocenters. The molecule has 1 amide bonds. The zero-order chi connectivity index (χ0) is 17.0. The van der Waals surface area contributed by atoms with Crippen LogP contribution in [0.4, 0.5) is 0 Å². The molecule has 1 aliphatic rings. The molecular formula is C15H19NO6S. The summed E-state index contributed by atoms with van der Waals surface area (Å²) in [5.41, 5.74) is 0.258. The number of aliphatic carboxylic acids is 1. The van der Waals surface area contributed by atoms with Crippen LogP contribution in [0.25, 0.3) is 0 Å². The first-order valence-corrected chi connectivity index (χ1v) is 8.96. The minimum Gasteiger partial charge on any atom is -0.480 e. The molecule has 2 rings (SSSR count). The Morgan fingerprint density at radius 2 is 1.96 bits per heavy atom. The molecule has 1 aromatic carbocycles. The van der Waals surface area contributed by atoms with Crippen molar-refractivity contribution in [1.29, 1.82) is 0 Å². The summed E-state index contributed by atoms with van der Waals surface area (Å²) < 4.78 is 29.0. The van der Waals surface area contributed by atoms with Crippen LogP contribution >= 0.6 is 0 Å². The molecule has 23 heavy (non-hydrogen) atoms. The molecule has 7 nitrogen and oxygen atoms in total. The van der Waals surface area contributed by atoms with E-state index in [1.807, 2.05) is 0 Å². The number of carboxylic acids is 1. The van der Waals surface area contributed by atoms with E-state index >= 15 is 0 Å². The highest BCUT2D eigenvalue weighted by atomic mass is 32.2. The van der Waals surface area contributed by atoms with Gasteiger partial charge in [0, 0.05) is 12.1 Å². The van der Waals surface area contributed by atoms with Crippen molar-refractivity contribution in [3.8, 4) is 0 Å². The molecule has 0 bridgehead atoms. The Labute approximate surface area is 134 Å². The summed E-state index contributed by atoms with van der Waals surface area (Å²) in [4.78, 5) is 25.1. The van der Waals surface area contributed by atoms with Gasteiger partial charge in [-0.3, -0.25) is 4.79 Å². The molecule has 0 unspecified atom stereocenters. The molecule has 1 saturated heterocycles. The number of carbonyl (C=O) groups excluding carboxylic acids is 1. The highest BCUT2D eigenvalue weighted by Gasteiger charge is 2.33. The molecule has 1 aliphatic heterocycles. The molecule has 0 aliphatic carbocycles. The lowest BCUT2D eigenvalue weighted by atomic mass is 10.1. The first kappa shape index (κ1) is 17.4. The third-order valence-corrected chi connectivity index (χ3v) is 5.54. The van der Waals surface area contributed by atoms with Crippen LogP contribution in [0.1, 0.15) is 23.7 Å². The standard InChI is InChI=1S/C15H19NO6S/c1-2-9-23(20,21)12-5-3-11(4-6-12)14(17)16-7-8-22-10-13(16)15(18)19/h3-6,13H,2,7-10H2,1H3,(H,18,19)/t13-/m1/s1. The van der Waals surface area contributed by atoms with Crippen LogP contribution in [0.2, 0.25) is 0 Å². The maximum atomic E-state index is 12.5. The van der Waals surface area contributed by atoms with Crippen LogP contribution in [-0.2, 0) is 19.4 Å². The monoisotopic (exact) mass is 341 g/mol. The summed E-state index contributed by atoms with van der Waals surface area (Å²) in [5.74, 6) is -1.52. The van der Waals surface area contributed by atoms with Gasteiger partial charge in [-0.15, -0.1) is 0 Å². The summed E-state index contributed by atoms with van der Waals surface area (Å²) >= 11 is 0. The fourth-order valence-corrected chi connectivity index (χ4v) is 3.73. The first-order chi connectivity index (χ1) is 10.9. The van der Waals surface area contributed by atoms with Gasteiger partial charge in [0.05, 0.1) is 23.9 Å². The number of benzene rings is 1. The lowest BCUT2D eigenvalue weighted by Gasteiger charge is -2.32. The van der Waals surface area contributed by atoms with Crippen molar-refractivity contribution in [2.45, 2.75) is 24.3 Å². The Morgan fingerprint density at radius 3 is 2.52 bits per heavy atom. The number of rotatable bonds is 5. The van der Waals surface area contributed by atoms with Crippen LogP contribution in [-0.4, -0.2) is 61.9 Å². The van der Waals surface area contributed by atoms with Crippen molar-refractivity contribution in [1.82, 2.24) is 4.90 Å². The highest BCUT2D eigenvalue weighted by molar-refractivity contribution is 7.91. The maximum absolute atomic E-state index is 12.5. The number of morpholine rings is 1. The second-order valence-corrected chi connectivity index (χ2v) is 7.38. The van der Waals surface area contributed by atoms with E-state index in [2.05, 4.69) is 0 Å². The van der Waals surface area contributed by atoms with E-state index < -0.39 is 27.8 Å². The van der Waals surface area contributed by atoms with E-state index in [1.165, 1.54) is 29.2 Å². The predicted octanol–water partition coefficient (Wildman–Crippen LogP) is 0.796. The van der Waals surface area contributed by atoms with Crippen LogP contribution in [0.15, 0.2) is 29.2 Å². The third kappa shape index (κ3) is 3.89. The Hall–Kier alpha value is -1.93. The van der Waals surface area contributed by atoms with Gasteiger partial charge in [0.2, 0.25) is 0 Å². The largest absolute Gasteiger partial charge is 0.480 e. The van der Waals surface area contributed by atoms with Crippen LogP contribution < -0.4 is 0 Å². The summed E-state index contributed by atoms with van der Waals surface area (Å²) in [6.45, 7) is 2.19. The molecule has 126 valence electrons. The maximum Gasteiger partial charge on any atom is 0.328 e. The molecule has 1 aromatic rings. The van der Waals surface area contributed by atoms with Crippen molar-refractivity contribution < 1.29 is 27.9 Å². The number of ether oxygens (including phenoxy) is 1. The van der Waals surface area contributed by atoms with Gasteiger partial charge in [-0.1, -0.05) is 6.92 Å². The Morgan fingerprint density at radius 1 is 1.30 bits per heavy atom. The molecule has 0 saturated carbocycles. The molecule has 0 aromatic heterocycles. The Kier molecular flexibility index (Phi) is 5.38. The lowest BCUT2D eigenvalue weighted by molar-refractivity contribution is -0.147. The highest BCUT2D eigenvalue weighted by Crippen LogP contribution is 2.17. The zero-order valence-corrected chi connectivity index (χ0v) is 13.6. The van der Waals surface area contributed by atoms with Gasteiger partial charge in [0.15, 0.2) is 15.9 Å². The van der Waals surface area contributed by atoms with Gasteiger partial charge >= 0.3 is 5.97 Å². The van der Waals surface area contributed by atoms with Gasteiger partial charge in [-0.2, -0.15) is 0 Å². The molecule has 1 fully saturated rings. The smallest absolute Gasteiger partial charge is 0.328 e. The number of amides is 1. The van der Waals surface area contributed by atoms with Gasteiger partial charge in [0.1, 0.15) is 0 Å². The van der Waals surface area contributed by atoms with Crippen molar-refractivity contribution in [3.05, 3.63) is 29.8 Å². The SMILES string of the molecule is CCCS(=O)(=O)c1ccc(C(=O)N2CCOC[C@@H]2C(=O)O)cc1. The fourth-order valence-electron chi connectivity index (χ4n) is 2.41. The van der Waals surface area contributed by atoms with Crippen LogP contribution in [0.5, 0.6) is 0 Å². The fraction of sp³-hybridized carbons (Fsp3) is 0.467. The van der Waals surface area contributed by atoms with Crippen LogP contribution in [0, 0.1) is 0 Å². The number of nitrogens with zero attached hydrogens (tertiary/aromatic N) is 1. The average molecular weight is 341 g/mol. The van der Waals surface area contributed by atoms with Crippen molar-refractivity contribution in [2.75, 3.05) is 25.5 Å². The van der Waals surface area contributed by atoms with E-state index in [-0.39, 0.29) is 36.0 Å². The molecule has 0 radical (unpaired) electrons. The van der Waals surface area contributed by atoms with Crippen molar-refractivity contribution in [2.24, 2.45) is 0 Å². The summed E-state index contributed by atoms with van der Waals surface area (Å²) in [6, 6.07) is 4.57. The lowest BCUT2D eigenvalue weighted by Crippen LogP contribution is -2.52. The minimum atomic E-state index is -3.34. The Bertz CT molecular complexity index is 682. The Balaban J connectivity index is 2.21. The first-order valence-electron chi connectivity index (χ1n) is 7.31. The van der Waals surface area contributed by atoms with E-state index in [0.29, 0.717) is 6.42 Å². The summed E-state index contributed by atoms with van der Waals surface area (Å²) in [7, 11) is -3.34. The normalized spacial score (nSPS) is 18.7. The second kappa shape index (κ2) is 7.10. The number of carbonyl (C=O) groups is 2. The molecule has 0 spiro atoms. The van der Waals surface area contributed by atoms with Crippen molar-refractivity contribution >= 4 is 21.7 Å². The molecule has 8 heteroatoms. The average Bonchev–Trinajstić information content (AvgIpc) is 2.54. The topological polar surface area (TPSA) is 101 Å². The van der Waals surface area contributed by atoms with Gasteiger partial charge in [-0.25, -0.2) is 13.2 Å². The van der Waals surface area contributed by atoms with Crippen LogP contribution in [0.3, 0.4) is 0 Å². The molecular weight excluding hydrogens is 322 g/mol. The number of hydrogen-bond acceptors (Lipinski definition) is 5. The van der Waals surface area contributed by atoms with E-state index in [4.69, 9.17) is 9.84 Å². The van der Waals surface area contributed by atoms with Crippen molar-refractivity contribution in [3.63, 3.8) is 0 Å². The summed E-state index contributed by atoms with van der Waals surface area (Å²) in [5, 5.41) is 9.16. The van der Waals surface area contributed by atoms with Gasteiger partial charge in [-0.05, 0) is 30.7 Å². The zero-order valence-electron chi connectivity index (χ0n) is 12.8. The number of carboxylic acid groups (broad SMARTS) is 1. The van der Waals surface area contributed by atoms with E-state index in [9.17, 15) is 18.0 Å². The second-order valence-electron chi connectivity index (χ2n) is 5.27. The number of sulfone groups is 1. The third-order valence-electron chi connectivity index (χ3n) is 3.61. The molecule has 1 heterocycles. The van der Waals surface area contributed by atoms with Gasteiger partial charge < -0.3 is 14.7 Å². The quantitative estimate of drug-likeness (QED) is 0.850. The molecule has 1 N–H and O–H groups in total. The van der Waals surface area contributed by atoms with E-state index in [1.54, 1.807) is 6.92 Å². The van der Waals surface area contributed by atoms with E-state index in [0.717, 1.165) is 0 Å².